The second-order valence-electron chi connectivity index (χ2n) is 3.16. The van der Waals surface area contributed by atoms with Gasteiger partial charge in [-0.15, -0.1) is 5.10 Å². The van der Waals surface area contributed by atoms with Crippen LogP contribution in [0.15, 0.2) is 39.5 Å². The fourth-order valence-corrected chi connectivity index (χ4v) is 1.92. The summed E-state index contributed by atoms with van der Waals surface area (Å²) in [6.07, 6.45) is 1.79. The third-order valence-corrected chi connectivity index (χ3v) is 2.83. The summed E-state index contributed by atoms with van der Waals surface area (Å²) in [5.74, 6) is 1.12. The first-order chi connectivity index (χ1) is 7.74. The smallest absolute Gasteiger partial charge is 0.218 e. The van der Waals surface area contributed by atoms with E-state index in [2.05, 4.69) is 26.0 Å². The second kappa shape index (κ2) is 3.61. The molecule has 0 N–H and O–H groups in total. The number of furan rings is 1. The van der Waals surface area contributed by atoms with Crippen molar-refractivity contribution >= 4 is 33.2 Å². The predicted molar refractivity (Wildman–Crippen MR) is 63.4 cm³/mol. The number of halogens is 2. The largest absolute Gasteiger partial charge is 0.446 e. The van der Waals surface area contributed by atoms with Crippen molar-refractivity contribution in [3.8, 4) is 11.6 Å². The summed E-state index contributed by atoms with van der Waals surface area (Å²) in [6, 6.07) is 7.18. The van der Waals surface area contributed by atoms with Gasteiger partial charge in [-0.1, -0.05) is 11.6 Å². The fraction of sp³-hybridized carbons (Fsp3) is 0. The third kappa shape index (κ3) is 1.52. The average molecular weight is 299 g/mol. The molecule has 0 atom stereocenters. The van der Waals surface area contributed by atoms with Gasteiger partial charge in [0.2, 0.25) is 5.82 Å². The van der Waals surface area contributed by atoms with Crippen LogP contribution in [0.3, 0.4) is 0 Å². The summed E-state index contributed by atoms with van der Waals surface area (Å²) < 4.78 is 7.64. The monoisotopic (exact) mass is 297 g/mol. The quantitative estimate of drug-likeness (QED) is 0.691. The number of rotatable bonds is 1. The van der Waals surface area contributed by atoms with Crippen molar-refractivity contribution in [1.29, 1.82) is 0 Å². The first-order valence-corrected chi connectivity index (χ1v) is 5.68. The number of hydrogen-bond donors (Lipinski definition) is 0. The molecule has 0 radical (unpaired) electrons. The van der Waals surface area contributed by atoms with Gasteiger partial charge in [0.05, 0.1) is 5.02 Å². The van der Waals surface area contributed by atoms with E-state index in [4.69, 9.17) is 16.0 Å². The highest BCUT2D eigenvalue weighted by molar-refractivity contribution is 9.10. The molecule has 16 heavy (non-hydrogen) atoms. The maximum absolute atomic E-state index is 6.00. The van der Waals surface area contributed by atoms with E-state index in [1.807, 2.05) is 6.07 Å². The second-order valence-corrected chi connectivity index (χ2v) is 4.35. The van der Waals surface area contributed by atoms with Crippen LogP contribution in [0.1, 0.15) is 0 Å². The zero-order valence-electron chi connectivity index (χ0n) is 7.89. The SMILES string of the molecule is Clc1cccn2nc(-c3ccc(Br)o3)nc12. The van der Waals surface area contributed by atoms with Gasteiger partial charge in [-0.2, -0.15) is 0 Å². The van der Waals surface area contributed by atoms with E-state index in [1.165, 1.54) is 0 Å². The third-order valence-electron chi connectivity index (χ3n) is 2.11. The Labute approximate surface area is 104 Å². The summed E-state index contributed by atoms with van der Waals surface area (Å²) in [5, 5.41) is 4.83. The van der Waals surface area contributed by atoms with Crippen LogP contribution in [0.25, 0.3) is 17.2 Å². The van der Waals surface area contributed by atoms with Crippen molar-refractivity contribution < 1.29 is 4.42 Å². The average Bonchev–Trinajstić information content (AvgIpc) is 2.84. The Morgan fingerprint density at radius 1 is 1.31 bits per heavy atom. The molecule has 0 saturated heterocycles. The van der Waals surface area contributed by atoms with Gasteiger partial charge in [0.15, 0.2) is 16.1 Å². The maximum atomic E-state index is 6.00. The molecule has 0 unspecified atom stereocenters. The lowest BCUT2D eigenvalue weighted by atomic mass is 10.4. The Hall–Kier alpha value is -1.33. The van der Waals surface area contributed by atoms with Crippen LogP contribution in [0.4, 0.5) is 0 Å². The Bertz CT molecular complexity index is 661. The fourth-order valence-electron chi connectivity index (χ4n) is 1.41. The highest BCUT2D eigenvalue weighted by atomic mass is 79.9. The molecule has 0 amide bonds. The number of aromatic nitrogens is 3. The molecule has 3 aromatic heterocycles. The summed E-state index contributed by atoms with van der Waals surface area (Å²) in [6.45, 7) is 0. The van der Waals surface area contributed by atoms with Crippen LogP contribution in [-0.2, 0) is 0 Å². The van der Waals surface area contributed by atoms with E-state index in [1.54, 1.807) is 28.9 Å². The number of fused-ring (bicyclic) bond motifs is 1. The van der Waals surface area contributed by atoms with E-state index in [0.717, 1.165) is 0 Å². The van der Waals surface area contributed by atoms with E-state index in [0.29, 0.717) is 26.9 Å². The van der Waals surface area contributed by atoms with E-state index in [9.17, 15) is 0 Å². The molecule has 0 saturated carbocycles. The van der Waals surface area contributed by atoms with Crippen LogP contribution in [0, 0.1) is 0 Å². The first-order valence-electron chi connectivity index (χ1n) is 4.50. The van der Waals surface area contributed by atoms with Gasteiger partial charge >= 0.3 is 0 Å². The molecular formula is C10H5BrClN3O. The lowest BCUT2D eigenvalue weighted by Gasteiger charge is -1.90. The van der Waals surface area contributed by atoms with Crippen molar-refractivity contribution in [2.75, 3.05) is 0 Å². The topological polar surface area (TPSA) is 43.3 Å². The van der Waals surface area contributed by atoms with Gasteiger partial charge in [-0.25, -0.2) is 9.50 Å². The highest BCUT2D eigenvalue weighted by Gasteiger charge is 2.11. The number of hydrogen-bond acceptors (Lipinski definition) is 3. The van der Waals surface area contributed by atoms with Crippen LogP contribution < -0.4 is 0 Å². The molecule has 0 aromatic carbocycles. The maximum Gasteiger partial charge on any atom is 0.218 e. The van der Waals surface area contributed by atoms with Crippen LogP contribution in [0.2, 0.25) is 5.02 Å². The zero-order chi connectivity index (χ0) is 11.1. The van der Waals surface area contributed by atoms with Crippen molar-refractivity contribution in [3.05, 3.63) is 40.2 Å². The van der Waals surface area contributed by atoms with Gasteiger partial charge in [0.25, 0.3) is 0 Å². The van der Waals surface area contributed by atoms with Crippen LogP contribution >= 0.6 is 27.5 Å². The van der Waals surface area contributed by atoms with E-state index in [-0.39, 0.29) is 0 Å². The summed E-state index contributed by atoms with van der Waals surface area (Å²) in [4.78, 5) is 4.30. The van der Waals surface area contributed by atoms with Crippen molar-refractivity contribution in [2.45, 2.75) is 0 Å². The summed E-state index contributed by atoms with van der Waals surface area (Å²) in [5.41, 5.74) is 0.617. The Morgan fingerprint density at radius 2 is 2.19 bits per heavy atom. The Balaban J connectivity index is 2.22. The van der Waals surface area contributed by atoms with Crippen LogP contribution in [0.5, 0.6) is 0 Å². The molecule has 3 heterocycles. The van der Waals surface area contributed by atoms with Gasteiger partial charge in [0, 0.05) is 6.20 Å². The summed E-state index contributed by atoms with van der Waals surface area (Å²) in [7, 11) is 0. The minimum absolute atomic E-state index is 0.513. The van der Waals surface area contributed by atoms with Gasteiger partial charge in [-0.05, 0) is 40.2 Å². The molecule has 0 bridgehead atoms. The normalized spacial score (nSPS) is 11.1. The van der Waals surface area contributed by atoms with Crippen molar-refractivity contribution in [2.24, 2.45) is 0 Å². The molecular weight excluding hydrogens is 293 g/mol. The lowest BCUT2D eigenvalue weighted by molar-refractivity contribution is 0.551. The van der Waals surface area contributed by atoms with E-state index < -0.39 is 0 Å². The number of pyridine rings is 1. The van der Waals surface area contributed by atoms with Gasteiger partial charge in [0.1, 0.15) is 0 Å². The predicted octanol–water partition coefficient (Wildman–Crippen LogP) is 3.41. The molecule has 4 nitrogen and oxygen atoms in total. The molecule has 0 aliphatic rings. The molecule has 0 fully saturated rings. The molecule has 3 rings (SSSR count). The Morgan fingerprint density at radius 3 is 2.88 bits per heavy atom. The molecule has 3 aromatic rings. The standard InChI is InChI=1S/C10H5BrClN3O/c11-8-4-3-7(16-8)9-13-10-6(12)2-1-5-15(10)14-9/h1-5H. The minimum Gasteiger partial charge on any atom is -0.446 e. The zero-order valence-corrected chi connectivity index (χ0v) is 10.2. The van der Waals surface area contributed by atoms with Gasteiger partial charge < -0.3 is 4.42 Å². The van der Waals surface area contributed by atoms with E-state index >= 15 is 0 Å². The molecule has 0 aliphatic carbocycles. The Kier molecular flexibility index (Phi) is 2.22. The minimum atomic E-state index is 0.513. The van der Waals surface area contributed by atoms with Gasteiger partial charge in [-0.3, -0.25) is 0 Å². The molecule has 0 aliphatic heterocycles. The first kappa shape index (κ1) is 9.86. The lowest BCUT2D eigenvalue weighted by Crippen LogP contribution is -1.85. The molecule has 0 spiro atoms. The molecule has 6 heteroatoms. The highest BCUT2D eigenvalue weighted by Crippen LogP contribution is 2.24. The number of nitrogens with zero attached hydrogens (tertiary/aromatic N) is 3. The van der Waals surface area contributed by atoms with Crippen molar-refractivity contribution in [1.82, 2.24) is 14.6 Å². The van der Waals surface area contributed by atoms with Crippen molar-refractivity contribution in [3.63, 3.8) is 0 Å². The van der Waals surface area contributed by atoms with Crippen LogP contribution in [-0.4, -0.2) is 14.6 Å². The molecule has 80 valence electrons. The summed E-state index contributed by atoms with van der Waals surface area (Å²) >= 11 is 9.23.